The third kappa shape index (κ3) is 3.21. The van der Waals surface area contributed by atoms with Gasteiger partial charge in [-0.2, -0.15) is 5.10 Å². The van der Waals surface area contributed by atoms with E-state index in [1.54, 1.807) is 13.2 Å². The Morgan fingerprint density at radius 3 is 2.64 bits per heavy atom. The van der Waals surface area contributed by atoms with E-state index in [1.807, 2.05) is 30.1 Å². The van der Waals surface area contributed by atoms with E-state index in [4.69, 9.17) is 9.84 Å². The van der Waals surface area contributed by atoms with Gasteiger partial charge in [-0.25, -0.2) is 4.39 Å². The standard InChI is InChI=1S/C23H23FN2O2/c1-14(12-15(2)27)26-23(16-4-7-18(24)8-5-16)21-10-6-17-13-19(28-3)9-11-20(17)22(21)25-26/h4-5,7-9,11-13,21,23H,6,10H2,1-3H3/b14-12+/t21-,23-/m0/s1. The van der Waals surface area contributed by atoms with Gasteiger partial charge in [0.15, 0.2) is 5.78 Å². The van der Waals surface area contributed by atoms with Crippen molar-refractivity contribution >= 4 is 11.5 Å². The second-order valence-corrected chi connectivity index (χ2v) is 7.39. The molecular formula is C23H23FN2O2. The molecule has 0 aromatic heterocycles. The van der Waals surface area contributed by atoms with Crippen molar-refractivity contribution in [2.45, 2.75) is 32.7 Å². The molecule has 0 unspecified atom stereocenters. The van der Waals surface area contributed by atoms with Crippen LogP contribution >= 0.6 is 0 Å². The summed E-state index contributed by atoms with van der Waals surface area (Å²) in [6, 6.07) is 12.6. The van der Waals surface area contributed by atoms with Crippen molar-refractivity contribution in [3.63, 3.8) is 0 Å². The average Bonchev–Trinajstić information content (AvgIpc) is 3.07. The van der Waals surface area contributed by atoms with Gasteiger partial charge in [0.2, 0.25) is 0 Å². The maximum Gasteiger partial charge on any atom is 0.154 e. The number of rotatable bonds is 4. The molecular weight excluding hydrogens is 355 g/mol. The summed E-state index contributed by atoms with van der Waals surface area (Å²) in [7, 11) is 1.67. The van der Waals surface area contributed by atoms with Crippen LogP contribution < -0.4 is 4.74 Å². The molecule has 0 fully saturated rings. The Hall–Kier alpha value is -2.95. The van der Waals surface area contributed by atoms with Crippen LogP contribution in [-0.4, -0.2) is 23.6 Å². The van der Waals surface area contributed by atoms with Gasteiger partial charge in [-0.05, 0) is 68.1 Å². The third-order valence-electron chi connectivity index (χ3n) is 5.51. The SMILES string of the molecule is COc1ccc2c(c1)CC[C@H]1C2=NN(/C(C)=C/C(C)=O)[C@H]1c1ccc(F)cc1. The van der Waals surface area contributed by atoms with Crippen molar-refractivity contribution in [2.24, 2.45) is 11.0 Å². The highest BCUT2D eigenvalue weighted by Gasteiger charge is 2.42. The Bertz CT molecular complexity index is 979. The molecule has 4 rings (SSSR count). The predicted molar refractivity (Wildman–Crippen MR) is 107 cm³/mol. The molecule has 0 N–H and O–H groups in total. The highest BCUT2D eigenvalue weighted by atomic mass is 19.1. The number of carbonyl (C=O) groups is 1. The van der Waals surface area contributed by atoms with Crippen LogP contribution in [0.3, 0.4) is 0 Å². The van der Waals surface area contributed by atoms with Crippen LogP contribution in [0, 0.1) is 11.7 Å². The summed E-state index contributed by atoms with van der Waals surface area (Å²) in [6.07, 6.45) is 3.47. The molecule has 0 saturated heterocycles. The first-order valence-electron chi connectivity index (χ1n) is 9.47. The molecule has 2 atom stereocenters. The van der Waals surface area contributed by atoms with Crippen LogP contribution in [0.25, 0.3) is 0 Å². The van der Waals surface area contributed by atoms with E-state index in [-0.39, 0.29) is 23.6 Å². The van der Waals surface area contributed by atoms with Gasteiger partial charge in [-0.15, -0.1) is 0 Å². The fourth-order valence-electron chi connectivity index (χ4n) is 4.28. The van der Waals surface area contributed by atoms with Gasteiger partial charge in [-0.3, -0.25) is 9.80 Å². The lowest BCUT2D eigenvalue weighted by Gasteiger charge is -2.31. The Labute approximate surface area is 164 Å². The average molecular weight is 378 g/mol. The number of hydrogen-bond acceptors (Lipinski definition) is 4. The van der Waals surface area contributed by atoms with E-state index in [2.05, 4.69) is 12.1 Å². The summed E-state index contributed by atoms with van der Waals surface area (Å²) in [5.41, 5.74) is 5.16. The second kappa shape index (κ2) is 7.23. The van der Waals surface area contributed by atoms with Gasteiger partial charge in [0.25, 0.3) is 0 Å². The molecule has 1 aliphatic heterocycles. The highest BCUT2D eigenvalue weighted by Crippen LogP contribution is 2.45. The van der Waals surface area contributed by atoms with Crippen molar-refractivity contribution in [3.05, 3.63) is 76.7 Å². The molecule has 1 heterocycles. The van der Waals surface area contributed by atoms with E-state index in [1.165, 1.54) is 24.6 Å². The van der Waals surface area contributed by atoms with Gasteiger partial charge in [0, 0.05) is 23.3 Å². The van der Waals surface area contributed by atoms with Crippen molar-refractivity contribution < 1.29 is 13.9 Å². The quantitative estimate of drug-likeness (QED) is 0.727. The van der Waals surface area contributed by atoms with Crippen LogP contribution in [0.15, 0.2) is 59.3 Å². The fourth-order valence-corrected chi connectivity index (χ4v) is 4.28. The monoisotopic (exact) mass is 378 g/mol. The molecule has 0 radical (unpaired) electrons. The largest absolute Gasteiger partial charge is 0.497 e. The van der Waals surface area contributed by atoms with Gasteiger partial charge >= 0.3 is 0 Å². The summed E-state index contributed by atoms with van der Waals surface area (Å²) >= 11 is 0. The maximum absolute atomic E-state index is 13.5. The smallest absolute Gasteiger partial charge is 0.154 e. The number of aryl methyl sites for hydroxylation is 1. The first-order chi connectivity index (χ1) is 13.5. The van der Waals surface area contributed by atoms with E-state index in [9.17, 15) is 9.18 Å². The summed E-state index contributed by atoms with van der Waals surface area (Å²) in [6.45, 7) is 3.43. The number of ketones is 1. The number of allylic oxidation sites excluding steroid dienone is 2. The Morgan fingerprint density at radius 2 is 1.96 bits per heavy atom. The zero-order valence-corrected chi connectivity index (χ0v) is 16.3. The molecule has 144 valence electrons. The molecule has 2 aliphatic rings. The van der Waals surface area contributed by atoms with E-state index in [0.29, 0.717) is 0 Å². The summed E-state index contributed by atoms with van der Waals surface area (Å²) < 4.78 is 18.9. The maximum atomic E-state index is 13.5. The van der Waals surface area contributed by atoms with Gasteiger partial charge in [-0.1, -0.05) is 12.1 Å². The summed E-state index contributed by atoms with van der Waals surface area (Å²) in [5.74, 6) is 0.749. The van der Waals surface area contributed by atoms with Crippen LogP contribution in [-0.2, 0) is 11.2 Å². The molecule has 28 heavy (non-hydrogen) atoms. The minimum Gasteiger partial charge on any atom is -0.497 e. The van der Waals surface area contributed by atoms with Crippen molar-refractivity contribution in [1.82, 2.24) is 5.01 Å². The number of methoxy groups -OCH3 is 1. The Balaban J connectivity index is 1.81. The van der Waals surface area contributed by atoms with Crippen LogP contribution in [0.1, 0.15) is 43.0 Å². The molecule has 1 aliphatic carbocycles. The minimum absolute atomic E-state index is 0.0180. The topological polar surface area (TPSA) is 41.9 Å². The Morgan fingerprint density at radius 1 is 1.21 bits per heavy atom. The number of carbonyl (C=O) groups excluding carboxylic acids is 1. The number of ether oxygens (including phenoxy) is 1. The molecule has 2 aromatic rings. The van der Waals surface area contributed by atoms with Crippen LogP contribution in [0.2, 0.25) is 0 Å². The number of benzene rings is 2. The van der Waals surface area contributed by atoms with Crippen molar-refractivity contribution in [2.75, 3.05) is 7.11 Å². The zero-order valence-electron chi connectivity index (χ0n) is 16.3. The van der Waals surface area contributed by atoms with Crippen LogP contribution in [0.5, 0.6) is 5.75 Å². The van der Waals surface area contributed by atoms with Gasteiger partial charge in [0.1, 0.15) is 11.6 Å². The third-order valence-corrected chi connectivity index (χ3v) is 5.51. The van der Waals surface area contributed by atoms with E-state index >= 15 is 0 Å². The molecule has 0 amide bonds. The van der Waals surface area contributed by atoms with Gasteiger partial charge in [0.05, 0.1) is 18.9 Å². The number of hydrogen-bond donors (Lipinski definition) is 0. The number of hydrazone groups is 1. The first kappa shape index (κ1) is 18.4. The fraction of sp³-hybridized carbons (Fsp3) is 0.304. The van der Waals surface area contributed by atoms with E-state index in [0.717, 1.165) is 41.1 Å². The number of fused-ring (bicyclic) bond motifs is 3. The van der Waals surface area contributed by atoms with E-state index < -0.39 is 0 Å². The molecule has 5 heteroatoms. The zero-order chi connectivity index (χ0) is 19.8. The van der Waals surface area contributed by atoms with Crippen molar-refractivity contribution in [3.8, 4) is 5.75 Å². The molecule has 2 aromatic carbocycles. The lowest BCUT2D eigenvalue weighted by atomic mass is 9.77. The number of halogens is 1. The first-order valence-corrected chi connectivity index (χ1v) is 9.47. The predicted octanol–water partition coefficient (Wildman–Crippen LogP) is 4.65. The molecule has 0 bridgehead atoms. The number of nitrogens with zero attached hydrogens (tertiary/aromatic N) is 2. The molecule has 0 spiro atoms. The second-order valence-electron chi connectivity index (χ2n) is 7.39. The summed E-state index contributed by atoms with van der Waals surface area (Å²) in [4.78, 5) is 11.7. The summed E-state index contributed by atoms with van der Waals surface area (Å²) in [5, 5.41) is 6.86. The normalized spacial score (nSPS) is 21.1. The van der Waals surface area contributed by atoms with Gasteiger partial charge < -0.3 is 4.74 Å². The van der Waals surface area contributed by atoms with Crippen LogP contribution in [0.4, 0.5) is 4.39 Å². The van der Waals surface area contributed by atoms with Crippen molar-refractivity contribution in [1.29, 1.82) is 0 Å². The molecule has 0 saturated carbocycles. The highest BCUT2D eigenvalue weighted by molar-refractivity contribution is 6.06. The lowest BCUT2D eigenvalue weighted by molar-refractivity contribution is -0.112. The minimum atomic E-state index is -0.258. The lowest BCUT2D eigenvalue weighted by Crippen LogP contribution is -2.28. The Kier molecular flexibility index (Phi) is 4.75. The molecule has 4 nitrogen and oxygen atoms in total.